The van der Waals surface area contributed by atoms with Gasteiger partial charge in [0.15, 0.2) is 5.70 Å². The van der Waals surface area contributed by atoms with E-state index >= 15 is 0 Å². The molecule has 0 atom stereocenters. The van der Waals surface area contributed by atoms with E-state index in [-0.39, 0.29) is 0 Å². The second-order valence-electron chi connectivity index (χ2n) is 6.55. The number of carbonyl (C=O) groups excluding carboxylic acids is 1. The SMILES string of the molecule is Cn1c2ccccc2c2cc(/C=C3/N=C(c4ccccc4)OC3=O)ccc21. The quantitative estimate of drug-likeness (QED) is 0.388. The summed E-state index contributed by atoms with van der Waals surface area (Å²) in [6.07, 6.45) is 1.78. The van der Waals surface area contributed by atoms with Crippen molar-refractivity contribution in [2.75, 3.05) is 0 Å². The molecule has 4 nitrogen and oxygen atoms in total. The fourth-order valence-electron chi connectivity index (χ4n) is 3.55. The summed E-state index contributed by atoms with van der Waals surface area (Å²) in [7, 11) is 2.06. The van der Waals surface area contributed by atoms with Crippen LogP contribution >= 0.6 is 0 Å². The summed E-state index contributed by atoms with van der Waals surface area (Å²) < 4.78 is 7.51. The lowest BCUT2D eigenvalue weighted by Crippen LogP contribution is -2.04. The van der Waals surface area contributed by atoms with Crippen molar-refractivity contribution in [2.45, 2.75) is 0 Å². The van der Waals surface area contributed by atoms with Gasteiger partial charge >= 0.3 is 5.97 Å². The molecular weight excluding hydrogens is 336 g/mol. The van der Waals surface area contributed by atoms with Gasteiger partial charge in [-0.25, -0.2) is 9.79 Å². The molecule has 1 aliphatic heterocycles. The van der Waals surface area contributed by atoms with E-state index < -0.39 is 5.97 Å². The maximum atomic E-state index is 12.2. The average molecular weight is 352 g/mol. The molecule has 0 aliphatic carbocycles. The Labute approximate surface area is 156 Å². The Morgan fingerprint density at radius 3 is 2.48 bits per heavy atom. The number of ether oxygens (including phenoxy) is 1. The lowest BCUT2D eigenvalue weighted by atomic mass is 10.1. The highest BCUT2D eigenvalue weighted by molar-refractivity contribution is 6.13. The van der Waals surface area contributed by atoms with E-state index in [0.29, 0.717) is 11.6 Å². The number of hydrogen-bond acceptors (Lipinski definition) is 3. The van der Waals surface area contributed by atoms with Crippen molar-refractivity contribution in [3.8, 4) is 0 Å². The Bertz CT molecular complexity index is 1260. The van der Waals surface area contributed by atoms with Gasteiger partial charge in [0, 0.05) is 34.4 Å². The second kappa shape index (κ2) is 5.95. The molecule has 0 bridgehead atoms. The zero-order valence-electron chi connectivity index (χ0n) is 14.7. The van der Waals surface area contributed by atoms with Crippen molar-refractivity contribution >= 4 is 39.7 Å². The summed E-state index contributed by atoms with van der Waals surface area (Å²) in [6, 6.07) is 23.9. The molecule has 5 rings (SSSR count). The number of carbonyl (C=O) groups is 1. The van der Waals surface area contributed by atoms with Gasteiger partial charge in [-0.05, 0) is 42.0 Å². The summed E-state index contributed by atoms with van der Waals surface area (Å²) in [5.41, 5.74) is 4.36. The van der Waals surface area contributed by atoms with Gasteiger partial charge < -0.3 is 9.30 Å². The highest BCUT2D eigenvalue weighted by Crippen LogP contribution is 2.29. The van der Waals surface area contributed by atoms with Crippen molar-refractivity contribution < 1.29 is 9.53 Å². The standard InChI is InChI=1S/C23H16N2O2/c1-25-20-10-6-5-9-17(20)18-13-15(11-12-21(18)25)14-19-23(26)27-22(24-19)16-7-3-2-4-8-16/h2-14H,1H3/b19-14+. The molecule has 0 saturated heterocycles. The third kappa shape index (κ3) is 2.54. The summed E-state index contributed by atoms with van der Waals surface area (Å²) in [5, 5.41) is 2.35. The molecule has 4 aromatic rings. The molecule has 2 heterocycles. The molecule has 0 amide bonds. The largest absolute Gasteiger partial charge is 0.402 e. The molecular formula is C23H16N2O2. The first kappa shape index (κ1) is 15.6. The van der Waals surface area contributed by atoms with Gasteiger partial charge in [-0.15, -0.1) is 0 Å². The second-order valence-corrected chi connectivity index (χ2v) is 6.55. The van der Waals surface area contributed by atoms with Crippen molar-refractivity contribution in [1.29, 1.82) is 0 Å². The molecule has 1 aromatic heterocycles. The highest BCUT2D eigenvalue weighted by atomic mass is 16.6. The first-order valence-electron chi connectivity index (χ1n) is 8.76. The zero-order valence-corrected chi connectivity index (χ0v) is 14.7. The molecule has 27 heavy (non-hydrogen) atoms. The molecule has 0 saturated carbocycles. The van der Waals surface area contributed by atoms with Gasteiger partial charge in [0.25, 0.3) is 0 Å². The predicted octanol–water partition coefficient (Wildman–Crippen LogP) is 4.68. The normalized spacial score (nSPS) is 15.5. The van der Waals surface area contributed by atoms with Gasteiger partial charge in [-0.3, -0.25) is 0 Å². The topological polar surface area (TPSA) is 43.6 Å². The zero-order chi connectivity index (χ0) is 18.4. The minimum atomic E-state index is -0.424. The minimum absolute atomic E-state index is 0.313. The van der Waals surface area contributed by atoms with Crippen LogP contribution < -0.4 is 0 Å². The summed E-state index contributed by atoms with van der Waals surface area (Å²) in [4.78, 5) is 16.6. The van der Waals surface area contributed by atoms with Crippen molar-refractivity contribution in [2.24, 2.45) is 12.0 Å². The first-order valence-corrected chi connectivity index (χ1v) is 8.76. The number of nitrogens with zero attached hydrogens (tertiary/aromatic N) is 2. The van der Waals surface area contributed by atoms with Gasteiger partial charge in [0.1, 0.15) is 0 Å². The fourth-order valence-corrected chi connectivity index (χ4v) is 3.55. The van der Waals surface area contributed by atoms with E-state index in [1.807, 2.05) is 48.5 Å². The molecule has 0 N–H and O–H groups in total. The van der Waals surface area contributed by atoms with Crippen LogP contribution in [0, 0.1) is 0 Å². The monoisotopic (exact) mass is 352 g/mol. The molecule has 4 heteroatoms. The Morgan fingerprint density at radius 2 is 1.63 bits per heavy atom. The summed E-state index contributed by atoms with van der Waals surface area (Å²) >= 11 is 0. The van der Waals surface area contributed by atoms with Crippen LogP contribution in [-0.4, -0.2) is 16.4 Å². The van der Waals surface area contributed by atoms with Crippen molar-refractivity contribution in [1.82, 2.24) is 4.57 Å². The van der Waals surface area contributed by atoms with E-state index in [2.05, 4.69) is 40.9 Å². The highest BCUT2D eigenvalue weighted by Gasteiger charge is 2.24. The van der Waals surface area contributed by atoms with Crippen LogP contribution in [0.25, 0.3) is 27.9 Å². The lowest BCUT2D eigenvalue weighted by Gasteiger charge is -1.99. The third-order valence-corrected chi connectivity index (χ3v) is 4.88. The van der Waals surface area contributed by atoms with E-state index in [4.69, 9.17) is 4.74 Å². The van der Waals surface area contributed by atoms with Gasteiger partial charge in [-0.1, -0.05) is 42.5 Å². The number of hydrogen-bond donors (Lipinski definition) is 0. The Kier molecular flexibility index (Phi) is 3.44. The number of aliphatic imine (C=N–C) groups is 1. The number of esters is 1. The summed E-state index contributed by atoms with van der Waals surface area (Å²) in [6.45, 7) is 0. The van der Waals surface area contributed by atoms with E-state index in [0.717, 1.165) is 22.0 Å². The summed E-state index contributed by atoms with van der Waals surface area (Å²) in [5.74, 6) is -0.0787. The van der Waals surface area contributed by atoms with Crippen molar-refractivity contribution in [3.63, 3.8) is 0 Å². The van der Waals surface area contributed by atoms with E-state index in [1.165, 1.54) is 10.9 Å². The molecule has 1 aliphatic rings. The first-order chi connectivity index (χ1) is 13.2. The number of cyclic esters (lactones) is 1. The Balaban J connectivity index is 1.61. The fraction of sp³-hybridized carbons (Fsp3) is 0.0435. The molecule has 0 spiro atoms. The molecule has 0 radical (unpaired) electrons. The van der Waals surface area contributed by atoms with Crippen LogP contribution in [0.1, 0.15) is 11.1 Å². The number of para-hydroxylation sites is 1. The number of benzene rings is 3. The van der Waals surface area contributed by atoms with Crippen LogP contribution in [0.5, 0.6) is 0 Å². The number of aryl methyl sites for hydroxylation is 1. The predicted molar refractivity (Wildman–Crippen MR) is 107 cm³/mol. The van der Waals surface area contributed by atoms with Gasteiger partial charge in [-0.2, -0.15) is 0 Å². The van der Waals surface area contributed by atoms with Crippen LogP contribution in [0.2, 0.25) is 0 Å². The minimum Gasteiger partial charge on any atom is -0.402 e. The molecule has 0 unspecified atom stereocenters. The Morgan fingerprint density at radius 1 is 0.889 bits per heavy atom. The van der Waals surface area contributed by atoms with Crippen molar-refractivity contribution in [3.05, 3.63) is 89.6 Å². The maximum absolute atomic E-state index is 12.2. The molecule has 0 fully saturated rings. The van der Waals surface area contributed by atoms with Gasteiger partial charge in [0.2, 0.25) is 5.90 Å². The van der Waals surface area contributed by atoms with Crippen LogP contribution in [0.15, 0.2) is 83.5 Å². The van der Waals surface area contributed by atoms with Crippen LogP contribution in [0.3, 0.4) is 0 Å². The smallest absolute Gasteiger partial charge is 0.363 e. The number of fused-ring (bicyclic) bond motifs is 3. The average Bonchev–Trinajstić information content (AvgIpc) is 3.21. The number of rotatable bonds is 2. The van der Waals surface area contributed by atoms with E-state index in [1.54, 1.807) is 6.08 Å². The molecule has 3 aromatic carbocycles. The van der Waals surface area contributed by atoms with Crippen LogP contribution in [0.4, 0.5) is 0 Å². The van der Waals surface area contributed by atoms with Crippen LogP contribution in [-0.2, 0) is 16.6 Å². The number of aromatic nitrogens is 1. The van der Waals surface area contributed by atoms with E-state index in [9.17, 15) is 4.79 Å². The Hall–Kier alpha value is -3.66. The third-order valence-electron chi connectivity index (χ3n) is 4.88. The lowest BCUT2D eigenvalue weighted by molar-refractivity contribution is -0.129. The van der Waals surface area contributed by atoms with Gasteiger partial charge in [0.05, 0.1) is 0 Å². The molecule has 130 valence electrons. The maximum Gasteiger partial charge on any atom is 0.363 e.